The van der Waals surface area contributed by atoms with Crippen molar-refractivity contribution in [3.05, 3.63) is 30.2 Å². The maximum absolute atomic E-state index is 12.1. The lowest BCUT2D eigenvalue weighted by Gasteiger charge is -2.22. The molecule has 94 valence electrons. The lowest BCUT2D eigenvalue weighted by atomic mass is 9.95. The lowest BCUT2D eigenvalue weighted by Crippen LogP contribution is -2.36. The van der Waals surface area contributed by atoms with Gasteiger partial charge in [-0.3, -0.25) is 4.79 Å². The van der Waals surface area contributed by atoms with Crippen LogP contribution in [0.5, 0.6) is 0 Å². The molecule has 5 heteroatoms. The second kappa shape index (κ2) is 4.76. The third kappa shape index (κ3) is 2.20. The van der Waals surface area contributed by atoms with E-state index in [0.717, 1.165) is 12.8 Å². The summed E-state index contributed by atoms with van der Waals surface area (Å²) in [5.41, 5.74) is 1.14. The number of nitrogens with one attached hydrogen (secondary N) is 1. The number of rotatable bonds is 2. The number of carbonyl (C=O) groups is 1. The smallest absolute Gasteiger partial charge is 0.272 e. The van der Waals surface area contributed by atoms with Crippen LogP contribution < -0.4 is 5.32 Å². The highest BCUT2D eigenvalue weighted by Gasteiger charge is 2.18. The van der Waals surface area contributed by atoms with E-state index in [1.54, 1.807) is 29.0 Å². The van der Waals surface area contributed by atoms with Gasteiger partial charge in [-0.05, 0) is 18.9 Å². The number of hydrogen-bond donors (Lipinski definition) is 1. The Balaban J connectivity index is 1.74. The minimum Gasteiger partial charge on any atom is -0.348 e. The number of fused-ring (bicyclic) bond motifs is 1. The number of amides is 1. The van der Waals surface area contributed by atoms with E-state index in [2.05, 4.69) is 15.4 Å². The van der Waals surface area contributed by atoms with Gasteiger partial charge < -0.3 is 5.32 Å². The van der Waals surface area contributed by atoms with Crippen LogP contribution in [0.15, 0.2) is 24.5 Å². The topological polar surface area (TPSA) is 59.3 Å². The predicted octanol–water partition coefficient (Wildman–Crippen LogP) is 1.79. The van der Waals surface area contributed by atoms with Gasteiger partial charge in [-0.25, -0.2) is 9.50 Å². The lowest BCUT2D eigenvalue weighted by molar-refractivity contribution is 0.0922. The molecule has 0 bridgehead atoms. The number of nitrogens with zero attached hydrogens (tertiary/aromatic N) is 3. The van der Waals surface area contributed by atoms with Crippen molar-refractivity contribution in [1.82, 2.24) is 19.9 Å². The molecule has 0 spiro atoms. The first-order valence-corrected chi connectivity index (χ1v) is 6.44. The summed E-state index contributed by atoms with van der Waals surface area (Å²) in [6, 6.07) is 3.82. The minimum absolute atomic E-state index is 0.0904. The fraction of sp³-hybridized carbons (Fsp3) is 0.462. The van der Waals surface area contributed by atoms with Gasteiger partial charge in [0.05, 0.1) is 0 Å². The van der Waals surface area contributed by atoms with E-state index < -0.39 is 0 Å². The number of carbonyl (C=O) groups excluding carboxylic acids is 1. The summed E-state index contributed by atoms with van der Waals surface area (Å²) in [6.07, 6.45) is 9.34. The molecule has 1 fully saturated rings. The van der Waals surface area contributed by atoms with E-state index in [-0.39, 0.29) is 5.91 Å². The standard InChI is InChI=1S/C13H16N4O/c18-13(15-10-5-2-1-3-6-10)11-9-12-14-7-4-8-17(12)16-11/h4,7-10H,1-3,5-6H2,(H,15,18). The third-order valence-electron chi connectivity index (χ3n) is 3.41. The molecule has 1 N–H and O–H groups in total. The summed E-state index contributed by atoms with van der Waals surface area (Å²) < 4.78 is 1.62. The summed E-state index contributed by atoms with van der Waals surface area (Å²) in [7, 11) is 0. The van der Waals surface area contributed by atoms with Gasteiger partial charge in [0, 0.05) is 24.5 Å². The summed E-state index contributed by atoms with van der Waals surface area (Å²) >= 11 is 0. The van der Waals surface area contributed by atoms with Crippen molar-refractivity contribution in [3.63, 3.8) is 0 Å². The Morgan fingerprint density at radius 3 is 2.94 bits per heavy atom. The SMILES string of the molecule is O=C(NC1CCCCC1)c1cc2ncccn2n1. The molecule has 0 saturated heterocycles. The summed E-state index contributed by atoms with van der Waals surface area (Å²) in [5.74, 6) is -0.0904. The van der Waals surface area contributed by atoms with Crippen molar-refractivity contribution in [3.8, 4) is 0 Å². The highest BCUT2D eigenvalue weighted by atomic mass is 16.2. The van der Waals surface area contributed by atoms with Crippen LogP contribution in [0.2, 0.25) is 0 Å². The van der Waals surface area contributed by atoms with E-state index in [1.165, 1.54) is 19.3 Å². The molecule has 18 heavy (non-hydrogen) atoms. The average molecular weight is 244 g/mol. The van der Waals surface area contributed by atoms with E-state index in [0.29, 0.717) is 17.4 Å². The predicted molar refractivity (Wildman–Crippen MR) is 67.3 cm³/mol. The van der Waals surface area contributed by atoms with E-state index in [9.17, 15) is 4.79 Å². The van der Waals surface area contributed by atoms with Gasteiger partial charge in [-0.15, -0.1) is 0 Å². The number of hydrogen-bond acceptors (Lipinski definition) is 3. The Morgan fingerprint density at radius 2 is 2.17 bits per heavy atom. The molecular weight excluding hydrogens is 228 g/mol. The van der Waals surface area contributed by atoms with Crippen LogP contribution in [0.25, 0.3) is 5.65 Å². The molecule has 0 aliphatic heterocycles. The van der Waals surface area contributed by atoms with E-state index in [1.807, 2.05) is 0 Å². The number of aromatic nitrogens is 3. The maximum Gasteiger partial charge on any atom is 0.272 e. The fourth-order valence-corrected chi connectivity index (χ4v) is 2.45. The summed E-state index contributed by atoms with van der Waals surface area (Å²) in [4.78, 5) is 16.2. The molecule has 2 aromatic heterocycles. The second-order valence-electron chi connectivity index (χ2n) is 4.76. The molecule has 1 amide bonds. The zero-order valence-corrected chi connectivity index (χ0v) is 10.2. The first kappa shape index (κ1) is 11.2. The van der Waals surface area contributed by atoms with Gasteiger partial charge in [-0.1, -0.05) is 19.3 Å². The Labute approximate surface area is 105 Å². The molecule has 2 aromatic rings. The van der Waals surface area contributed by atoms with Crippen molar-refractivity contribution in [1.29, 1.82) is 0 Å². The van der Waals surface area contributed by atoms with E-state index in [4.69, 9.17) is 0 Å². The van der Waals surface area contributed by atoms with Crippen LogP contribution in [0.3, 0.4) is 0 Å². The second-order valence-corrected chi connectivity index (χ2v) is 4.76. The minimum atomic E-state index is -0.0904. The monoisotopic (exact) mass is 244 g/mol. The Kier molecular flexibility index (Phi) is 2.96. The molecule has 1 aliphatic carbocycles. The first-order chi connectivity index (χ1) is 8.83. The normalized spacial score (nSPS) is 16.9. The first-order valence-electron chi connectivity index (χ1n) is 6.44. The molecule has 2 heterocycles. The Hall–Kier alpha value is -1.91. The molecule has 0 radical (unpaired) electrons. The van der Waals surface area contributed by atoms with Crippen molar-refractivity contribution in [2.24, 2.45) is 0 Å². The highest BCUT2D eigenvalue weighted by molar-refractivity contribution is 5.93. The Morgan fingerprint density at radius 1 is 1.33 bits per heavy atom. The molecule has 1 aliphatic rings. The van der Waals surface area contributed by atoms with E-state index >= 15 is 0 Å². The van der Waals surface area contributed by atoms with Gasteiger partial charge in [0.1, 0.15) is 0 Å². The van der Waals surface area contributed by atoms with Crippen LogP contribution in [0.1, 0.15) is 42.6 Å². The molecule has 3 rings (SSSR count). The highest BCUT2D eigenvalue weighted by Crippen LogP contribution is 2.17. The van der Waals surface area contributed by atoms with Crippen molar-refractivity contribution in [2.45, 2.75) is 38.1 Å². The van der Waals surface area contributed by atoms with Gasteiger partial charge in [0.25, 0.3) is 5.91 Å². The van der Waals surface area contributed by atoms with Crippen LogP contribution in [-0.4, -0.2) is 26.5 Å². The Bertz CT molecular complexity index is 524. The van der Waals surface area contributed by atoms with Crippen LogP contribution >= 0.6 is 0 Å². The van der Waals surface area contributed by atoms with Crippen LogP contribution in [0.4, 0.5) is 0 Å². The van der Waals surface area contributed by atoms with Crippen molar-refractivity contribution in [2.75, 3.05) is 0 Å². The zero-order chi connectivity index (χ0) is 12.4. The maximum atomic E-state index is 12.1. The average Bonchev–Trinajstić information content (AvgIpc) is 2.84. The zero-order valence-electron chi connectivity index (χ0n) is 10.2. The van der Waals surface area contributed by atoms with Crippen molar-refractivity contribution >= 4 is 11.6 Å². The molecule has 0 unspecified atom stereocenters. The van der Waals surface area contributed by atoms with Crippen LogP contribution in [0, 0.1) is 0 Å². The van der Waals surface area contributed by atoms with Gasteiger partial charge in [0.2, 0.25) is 0 Å². The van der Waals surface area contributed by atoms with Gasteiger partial charge >= 0.3 is 0 Å². The largest absolute Gasteiger partial charge is 0.348 e. The van der Waals surface area contributed by atoms with Gasteiger partial charge in [0.15, 0.2) is 11.3 Å². The molecule has 0 atom stereocenters. The quantitative estimate of drug-likeness (QED) is 0.876. The molecule has 0 aromatic carbocycles. The van der Waals surface area contributed by atoms with Crippen molar-refractivity contribution < 1.29 is 4.79 Å². The molecule has 1 saturated carbocycles. The fourth-order valence-electron chi connectivity index (χ4n) is 2.45. The third-order valence-corrected chi connectivity index (χ3v) is 3.41. The molecule has 5 nitrogen and oxygen atoms in total. The summed E-state index contributed by atoms with van der Waals surface area (Å²) in [6.45, 7) is 0. The van der Waals surface area contributed by atoms with Gasteiger partial charge in [-0.2, -0.15) is 5.10 Å². The van der Waals surface area contributed by atoms with Crippen LogP contribution in [-0.2, 0) is 0 Å². The summed E-state index contributed by atoms with van der Waals surface area (Å²) in [5, 5.41) is 7.27. The molecular formula is C13H16N4O.